The monoisotopic (exact) mass is 465 g/mol. The van der Waals surface area contributed by atoms with Gasteiger partial charge in [-0.15, -0.1) is 0 Å². The first-order valence-electron chi connectivity index (χ1n) is 10.2. The van der Waals surface area contributed by atoms with Gasteiger partial charge < -0.3 is 24.3 Å². The van der Waals surface area contributed by atoms with Gasteiger partial charge in [0.25, 0.3) is 5.91 Å². The summed E-state index contributed by atoms with van der Waals surface area (Å²) < 4.78 is 59.5. The molecule has 1 amide bonds. The van der Waals surface area contributed by atoms with Gasteiger partial charge in [0.2, 0.25) is 5.75 Å². The largest absolute Gasteiger partial charge is 0.493 e. The van der Waals surface area contributed by atoms with Gasteiger partial charge in [0.15, 0.2) is 11.5 Å². The predicted octanol–water partition coefficient (Wildman–Crippen LogP) is 4.02. The summed E-state index contributed by atoms with van der Waals surface area (Å²) in [6, 6.07) is 8.81. The first kappa shape index (κ1) is 22.8. The van der Waals surface area contributed by atoms with Gasteiger partial charge in [0.1, 0.15) is 18.6 Å². The zero-order chi connectivity index (χ0) is 23.8. The molecule has 7 nitrogen and oxygen atoms in total. The van der Waals surface area contributed by atoms with Gasteiger partial charge in [-0.2, -0.15) is 13.2 Å². The molecular weight excluding hydrogens is 443 g/mol. The number of esters is 1. The number of fused-ring (bicyclic) bond motifs is 1. The number of carbonyl (C=O) groups is 2. The molecule has 2 aromatic rings. The summed E-state index contributed by atoms with van der Waals surface area (Å²) >= 11 is 0. The number of nitrogens with one attached hydrogen (secondary N) is 1. The lowest BCUT2D eigenvalue weighted by atomic mass is 9.99. The molecule has 0 bridgehead atoms. The van der Waals surface area contributed by atoms with Crippen LogP contribution in [-0.2, 0) is 16.1 Å². The van der Waals surface area contributed by atoms with Gasteiger partial charge in [-0.3, -0.25) is 9.59 Å². The SMILES string of the molecule is COc1ccc(-c2ccc3c(c2)CNC3=O)c(OCC2(OC(=O)CC(F)(F)F)CC2)c1OC. The molecule has 1 aliphatic carbocycles. The van der Waals surface area contributed by atoms with Crippen LogP contribution in [0.5, 0.6) is 17.2 Å². The number of amides is 1. The number of carbonyl (C=O) groups excluding carboxylic acids is 2. The van der Waals surface area contributed by atoms with Crippen LogP contribution in [0, 0.1) is 0 Å². The minimum absolute atomic E-state index is 0.141. The Labute approximate surface area is 187 Å². The second kappa shape index (κ2) is 8.49. The Morgan fingerprint density at radius 1 is 1.06 bits per heavy atom. The summed E-state index contributed by atoms with van der Waals surface area (Å²) in [5.74, 6) is -0.489. The first-order valence-corrected chi connectivity index (χ1v) is 10.2. The lowest BCUT2D eigenvalue weighted by molar-refractivity contribution is -0.178. The summed E-state index contributed by atoms with van der Waals surface area (Å²) in [5.41, 5.74) is 1.70. The number of hydrogen-bond acceptors (Lipinski definition) is 6. The average Bonchev–Trinajstić information content (AvgIpc) is 3.42. The van der Waals surface area contributed by atoms with E-state index in [1.807, 2.05) is 6.07 Å². The zero-order valence-electron chi connectivity index (χ0n) is 18.0. The van der Waals surface area contributed by atoms with Crippen molar-refractivity contribution in [2.24, 2.45) is 0 Å². The van der Waals surface area contributed by atoms with E-state index in [2.05, 4.69) is 5.32 Å². The van der Waals surface area contributed by atoms with Crippen molar-refractivity contribution in [1.29, 1.82) is 0 Å². The van der Waals surface area contributed by atoms with Crippen LogP contribution in [0.1, 0.15) is 35.2 Å². The maximum Gasteiger partial charge on any atom is 0.399 e. The van der Waals surface area contributed by atoms with Crippen molar-refractivity contribution < 1.29 is 41.7 Å². The maximum absolute atomic E-state index is 12.5. The molecule has 1 saturated carbocycles. The molecule has 0 spiro atoms. The maximum atomic E-state index is 12.5. The third-order valence-electron chi connectivity index (χ3n) is 5.56. The standard InChI is InChI=1S/C23H22F3NO6/c1-30-17-6-5-15(13-3-4-16-14(9-13)11-27-21(16)29)19(20(17)31-2)32-12-22(7-8-22)33-18(28)10-23(24,25)26/h3-6,9H,7-8,10-12H2,1-2H3,(H,27,29). The van der Waals surface area contributed by atoms with Crippen LogP contribution >= 0.6 is 0 Å². The Balaban J connectivity index is 1.62. The quantitative estimate of drug-likeness (QED) is 0.593. The molecule has 2 aliphatic rings. The molecular formula is C23H22F3NO6. The number of halogens is 3. The fourth-order valence-electron chi connectivity index (χ4n) is 3.73. The molecule has 33 heavy (non-hydrogen) atoms. The summed E-state index contributed by atoms with van der Waals surface area (Å²) in [7, 11) is 2.91. The highest BCUT2D eigenvalue weighted by Crippen LogP contribution is 2.47. The Bertz CT molecular complexity index is 1090. The Hall–Kier alpha value is -3.43. The van der Waals surface area contributed by atoms with Crippen LogP contribution in [-0.4, -0.2) is 44.5 Å². The number of ether oxygens (including phenoxy) is 4. The third-order valence-corrected chi connectivity index (χ3v) is 5.56. The summed E-state index contributed by atoms with van der Waals surface area (Å²) in [6.07, 6.45) is -5.50. The second-order valence-corrected chi connectivity index (χ2v) is 7.97. The highest BCUT2D eigenvalue weighted by Gasteiger charge is 2.49. The molecule has 1 heterocycles. The molecule has 1 fully saturated rings. The van der Waals surface area contributed by atoms with E-state index in [1.54, 1.807) is 24.3 Å². The van der Waals surface area contributed by atoms with E-state index in [4.69, 9.17) is 18.9 Å². The number of benzene rings is 2. The molecule has 0 saturated heterocycles. The number of rotatable bonds is 8. The molecule has 0 aromatic heterocycles. The van der Waals surface area contributed by atoms with Gasteiger partial charge in [-0.05, 0) is 48.2 Å². The topological polar surface area (TPSA) is 83.1 Å². The normalized spacial score (nSPS) is 16.0. The summed E-state index contributed by atoms with van der Waals surface area (Å²) in [4.78, 5) is 23.6. The van der Waals surface area contributed by atoms with Crippen LogP contribution in [0.25, 0.3) is 11.1 Å². The number of methoxy groups -OCH3 is 2. The van der Waals surface area contributed by atoms with Crippen LogP contribution < -0.4 is 19.5 Å². The van der Waals surface area contributed by atoms with Crippen molar-refractivity contribution in [2.75, 3.05) is 20.8 Å². The molecule has 2 aromatic carbocycles. The van der Waals surface area contributed by atoms with Gasteiger partial charge in [-0.1, -0.05) is 6.07 Å². The van der Waals surface area contributed by atoms with Gasteiger partial charge >= 0.3 is 12.1 Å². The van der Waals surface area contributed by atoms with E-state index < -0.39 is 24.2 Å². The van der Waals surface area contributed by atoms with E-state index in [0.717, 1.165) is 11.1 Å². The summed E-state index contributed by atoms with van der Waals surface area (Å²) in [6.45, 7) is 0.266. The fourth-order valence-corrected chi connectivity index (χ4v) is 3.73. The van der Waals surface area contributed by atoms with Gasteiger partial charge in [0.05, 0.1) is 14.2 Å². The molecule has 0 unspecified atom stereocenters. The fraction of sp³-hybridized carbons (Fsp3) is 0.391. The van der Waals surface area contributed by atoms with Gasteiger partial charge in [0, 0.05) is 17.7 Å². The first-order chi connectivity index (χ1) is 15.6. The number of hydrogen-bond donors (Lipinski definition) is 1. The highest BCUT2D eigenvalue weighted by molar-refractivity contribution is 5.99. The third kappa shape index (κ3) is 4.84. The average molecular weight is 465 g/mol. The van der Waals surface area contributed by atoms with Crippen molar-refractivity contribution >= 4 is 11.9 Å². The molecule has 1 N–H and O–H groups in total. The minimum Gasteiger partial charge on any atom is -0.493 e. The molecule has 0 atom stereocenters. The lowest BCUT2D eigenvalue weighted by Crippen LogP contribution is -2.29. The number of alkyl halides is 3. The van der Waals surface area contributed by atoms with Crippen LogP contribution in [0.4, 0.5) is 13.2 Å². The van der Waals surface area contributed by atoms with Crippen molar-refractivity contribution in [3.63, 3.8) is 0 Å². The molecule has 1 aliphatic heterocycles. The van der Waals surface area contributed by atoms with Gasteiger partial charge in [-0.25, -0.2) is 0 Å². The van der Waals surface area contributed by atoms with Crippen molar-refractivity contribution in [3.8, 4) is 28.4 Å². The highest BCUT2D eigenvalue weighted by atomic mass is 19.4. The summed E-state index contributed by atoms with van der Waals surface area (Å²) in [5, 5.41) is 2.76. The van der Waals surface area contributed by atoms with E-state index in [0.29, 0.717) is 47.8 Å². The predicted molar refractivity (Wildman–Crippen MR) is 110 cm³/mol. The van der Waals surface area contributed by atoms with E-state index in [-0.39, 0.29) is 12.5 Å². The molecule has 176 valence electrons. The van der Waals surface area contributed by atoms with Crippen LogP contribution in [0.3, 0.4) is 0 Å². The van der Waals surface area contributed by atoms with E-state index >= 15 is 0 Å². The van der Waals surface area contributed by atoms with Crippen molar-refractivity contribution in [2.45, 2.75) is 37.6 Å². The lowest BCUT2D eigenvalue weighted by Gasteiger charge is -2.22. The van der Waals surface area contributed by atoms with Crippen LogP contribution in [0.15, 0.2) is 30.3 Å². The Morgan fingerprint density at radius 2 is 1.79 bits per heavy atom. The van der Waals surface area contributed by atoms with Crippen LogP contribution in [0.2, 0.25) is 0 Å². The molecule has 10 heteroatoms. The Morgan fingerprint density at radius 3 is 2.42 bits per heavy atom. The Kier molecular flexibility index (Phi) is 5.85. The van der Waals surface area contributed by atoms with E-state index in [1.165, 1.54) is 14.2 Å². The second-order valence-electron chi connectivity index (χ2n) is 7.97. The smallest absolute Gasteiger partial charge is 0.399 e. The zero-order valence-corrected chi connectivity index (χ0v) is 18.0. The molecule has 4 rings (SSSR count). The molecule has 0 radical (unpaired) electrons. The minimum atomic E-state index is -4.64. The van der Waals surface area contributed by atoms with Crippen molar-refractivity contribution in [3.05, 3.63) is 41.5 Å². The van der Waals surface area contributed by atoms with Crippen molar-refractivity contribution in [1.82, 2.24) is 5.32 Å². The van der Waals surface area contributed by atoms with E-state index in [9.17, 15) is 22.8 Å².